The Balaban J connectivity index is 0. The van der Waals surface area contributed by atoms with Crippen LogP contribution in [0.15, 0.2) is 17.1 Å². The number of aliphatic imine (C=N–C) groups is 1. The van der Waals surface area contributed by atoms with Crippen molar-refractivity contribution in [3.05, 3.63) is 12.2 Å². The molecule has 7 heteroatoms. The number of nitrogens with one attached hydrogen (secondary N) is 1. The lowest BCUT2D eigenvalue weighted by Crippen LogP contribution is -2.33. The second-order valence-corrected chi connectivity index (χ2v) is 2.70. The summed E-state index contributed by atoms with van der Waals surface area (Å²) in [6, 6.07) is 0. The Labute approximate surface area is 94.1 Å². The number of hydrogen-bond acceptors (Lipinski definition) is 3. The summed E-state index contributed by atoms with van der Waals surface area (Å²) >= 11 is 0. The molecule has 0 amide bonds. The zero-order chi connectivity index (χ0) is 13.1. The zero-order valence-corrected chi connectivity index (χ0v) is 9.76. The van der Waals surface area contributed by atoms with Crippen molar-refractivity contribution in [1.82, 2.24) is 10.2 Å². The van der Waals surface area contributed by atoms with E-state index in [1.54, 1.807) is 7.05 Å². The number of guanidine groups is 1. The minimum atomic E-state index is -1.26. The van der Waals surface area contributed by atoms with Crippen molar-refractivity contribution >= 4 is 17.9 Å². The molecule has 0 radical (unpaired) electrons. The molecule has 0 aliphatic rings. The van der Waals surface area contributed by atoms with Crippen LogP contribution in [-0.2, 0) is 9.59 Å². The van der Waals surface area contributed by atoms with E-state index in [1.807, 2.05) is 26.0 Å². The highest BCUT2D eigenvalue weighted by atomic mass is 16.4. The van der Waals surface area contributed by atoms with E-state index in [2.05, 4.69) is 10.3 Å². The molecule has 0 rings (SSSR count). The molecule has 16 heavy (non-hydrogen) atoms. The zero-order valence-electron chi connectivity index (χ0n) is 9.76. The van der Waals surface area contributed by atoms with Gasteiger partial charge in [-0.3, -0.25) is 4.99 Å². The number of carbonyl (C=O) groups is 2. The van der Waals surface area contributed by atoms with Crippen LogP contribution in [0.1, 0.15) is 0 Å². The summed E-state index contributed by atoms with van der Waals surface area (Å²) in [4.78, 5) is 25.0. The van der Waals surface area contributed by atoms with Crippen LogP contribution < -0.4 is 5.32 Å². The van der Waals surface area contributed by atoms with Gasteiger partial charge in [-0.25, -0.2) is 9.59 Å². The van der Waals surface area contributed by atoms with Crippen molar-refractivity contribution in [3.8, 4) is 0 Å². The summed E-state index contributed by atoms with van der Waals surface area (Å²) in [6.45, 7) is 0. The molecular weight excluding hydrogens is 214 g/mol. The largest absolute Gasteiger partial charge is 0.478 e. The SMILES string of the molecule is CN=C(NC)N(C)C.O=C(O)/C=C\C(=O)O. The molecule has 0 aromatic carbocycles. The van der Waals surface area contributed by atoms with E-state index in [0.29, 0.717) is 12.2 Å². The van der Waals surface area contributed by atoms with Gasteiger partial charge in [-0.05, 0) is 0 Å². The van der Waals surface area contributed by atoms with Crippen molar-refractivity contribution in [2.45, 2.75) is 0 Å². The van der Waals surface area contributed by atoms with Gasteiger partial charge in [0.15, 0.2) is 5.96 Å². The van der Waals surface area contributed by atoms with Crippen LogP contribution >= 0.6 is 0 Å². The lowest BCUT2D eigenvalue weighted by atomic mass is 10.5. The van der Waals surface area contributed by atoms with Gasteiger partial charge in [-0.15, -0.1) is 0 Å². The summed E-state index contributed by atoms with van der Waals surface area (Å²) in [7, 11) is 7.49. The third-order valence-corrected chi connectivity index (χ3v) is 1.23. The molecule has 0 aromatic rings. The van der Waals surface area contributed by atoms with Crippen LogP contribution in [0.2, 0.25) is 0 Å². The van der Waals surface area contributed by atoms with Gasteiger partial charge in [0, 0.05) is 40.3 Å². The van der Waals surface area contributed by atoms with Crippen LogP contribution in [0.3, 0.4) is 0 Å². The molecule has 0 atom stereocenters. The standard InChI is InChI=1S/C5H13N3.C4H4O4/c1-6-5(7-2)8(3)4;5-3(6)1-2-4(7)8/h1-4H3,(H,6,7);1-2H,(H,5,6)(H,7,8)/b;2-1-. The van der Waals surface area contributed by atoms with Crippen LogP contribution in [0.4, 0.5) is 0 Å². The molecule has 0 aliphatic carbocycles. The maximum atomic E-state index is 9.55. The topological polar surface area (TPSA) is 102 Å². The quantitative estimate of drug-likeness (QED) is 0.335. The summed E-state index contributed by atoms with van der Waals surface area (Å²) in [5.41, 5.74) is 0. The number of carboxylic acids is 2. The highest BCUT2D eigenvalue weighted by molar-refractivity contribution is 5.89. The average Bonchev–Trinajstić information content (AvgIpc) is 2.17. The number of nitrogens with zero attached hydrogens (tertiary/aromatic N) is 2. The van der Waals surface area contributed by atoms with Crippen LogP contribution in [-0.4, -0.2) is 61.2 Å². The number of hydrogen-bond donors (Lipinski definition) is 3. The van der Waals surface area contributed by atoms with E-state index < -0.39 is 11.9 Å². The normalized spacial score (nSPS) is 10.4. The molecule has 0 fully saturated rings. The van der Waals surface area contributed by atoms with Crippen LogP contribution in [0.5, 0.6) is 0 Å². The van der Waals surface area contributed by atoms with E-state index in [0.717, 1.165) is 5.96 Å². The first-order valence-electron chi connectivity index (χ1n) is 4.30. The van der Waals surface area contributed by atoms with Crippen LogP contribution in [0.25, 0.3) is 0 Å². The maximum absolute atomic E-state index is 9.55. The lowest BCUT2D eigenvalue weighted by molar-refractivity contribution is -0.134. The van der Waals surface area contributed by atoms with E-state index in [-0.39, 0.29) is 0 Å². The van der Waals surface area contributed by atoms with E-state index >= 15 is 0 Å². The Morgan fingerprint density at radius 2 is 1.56 bits per heavy atom. The lowest BCUT2D eigenvalue weighted by Gasteiger charge is -2.12. The van der Waals surface area contributed by atoms with Gasteiger partial charge < -0.3 is 20.4 Å². The van der Waals surface area contributed by atoms with Crippen molar-refractivity contribution in [2.24, 2.45) is 4.99 Å². The van der Waals surface area contributed by atoms with Crippen molar-refractivity contribution < 1.29 is 19.8 Å². The maximum Gasteiger partial charge on any atom is 0.328 e. The molecule has 0 heterocycles. The highest BCUT2D eigenvalue weighted by Crippen LogP contribution is 1.73. The molecule has 0 aliphatic heterocycles. The molecule has 0 bridgehead atoms. The molecule has 92 valence electrons. The molecule has 7 nitrogen and oxygen atoms in total. The molecular formula is C9H17N3O4. The first-order chi connectivity index (χ1) is 7.34. The molecule has 0 spiro atoms. The summed E-state index contributed by atoms with van der Waals surface area (Å²) < 4.78 is 0. The average molecular weight is 231 g/mol. The third-order valence-electron chi connectivity index (χ3n) is 1.23. The predicted molar refractivity (Wildman–Crippen MR) is 60.5 cm³/mol. The number of aliphatic carboxylic acids is 2. The highest BCUT2D eigenvalue weighted by Gasteiger charge is 1.91. The monoisotopic (exact) mass is 231 g/mol. The van der Waals surface area contributed by atoms with E-state index in [9.17, 15) is 9.59 Å². The fourth-order valence-corrected chi connectivity index (χ4v) is 0.678. The minimum Gasteiger partial charge on any atom is -0.478 e. The minimum absolute atomic E-state index is 0.558. The second kappa shape index (κ2) is 9.50. The van der Waals surface area contributed by atoms with Crippen molar-refractivity contribution in [2.75, 3.05) is 28.2 Å². The summed E-state index contributed by atoms with van der Waals surface area (Å²) in [5, 5.41) is 18.6. The Morgan fingerprint density at radius 1 is 1.19 bits per heavy atom. The fourth-order valence-electron chi connectivity index (χ4n) is 0.678. The molecule has 0 saturated carbocycles. The van der Waals surface area contributed by atoms with Crippen LogP contribution in [0, 0.1) is 0 Å². The summed E-state index contributed by atoms with van der Waals surface area (Å²) in [5.74, 6) is -1.62. The molecule has 0 saturated heterocycles. The summed E-state index contributed by atoms with van der Waals surface area (Å²) in [6.07, 6.45) is 1.12. The van der Waals surface area contributed by atoms with E-state index in [1.165, 1.54) is 0 Å². The molecule has 0 aromatic heterocycles. The Bertz CT molecular complexity index is 268. The first kappa shape index (κ1) is 16.4. The first-order valence-corrected chi connectivity index (χ1v) is 4.30. The van der Waals surface area contributed by atoms with E-state index in [4.69, 9.17) is 10.2 Å². The Kier molecular flexibility index (Phi) is 9.73. The predicted octanol–water partition coefficient (Wildman–Crippen LogP) is -0.535. The smallest absolute Gasteiger partial charge is 0.328 e. The van der Waals surface area contributed by atoms with Gasteiger partial charge in [-0.2, -0.15) is 0 Å². The molecule has 3 N–H and O–H groups in total. The third kappa shape index (κ3) is 11.9. The Hall–Kier alpha value is -2.05. The van der Waals surface area contributed by atoms with Crippen molar-refractivity contribution in [1.29, 1.82) is 0 Å². The van der Waals surface area contributed by atoms with Crippen molar-refractivity contribution in [3.63, 3.8) is 0 Å². The van der Waals surface area contributed by atoms with Gasteiger partial charge in [0.1, 0.15) is 0 Å². The van der Waals surface area contributed by atoms with Gasteiger partial charge in [0.25, 0.3) is 0 Å². The number of rotatable bonds is 2. The Morgan fingerprint density at radius 3 is 1.62 bits per heavy atom. The van der Waals surface area contributed by atoms with Gasteiger partial charge >= 0.3 is 11.9 Å². The van der Waals surface area contributed by atoms with Gasteiger partial charge in [0.05, 0.1) is 0 Å². The fraction of sp³-hybridized carbons (Fsp3) is 0.444. The number of carboxylic acid groups (broad SMARTS) is 2. The van der Waals surface area contributed by atoms with Gasteiger partial charge in [-0.1, -0.05) is 0 Å². The molecule has 0 unspecified atom stereocenters. The second-order valence-electron chi connectivity index (χ2n) is 2.70. The van der Waals surface area contributed by atoms with Gasteiger partial charge in [0.2, 0.25) is 0 Å².